The molecule has 0 aromatic rings. The summed E-state index contributed by atoms with van der Waals surface area (Å²) < 4.78 is 0. The molecule has 78 valence electrons. The van der Waals surface area contributed by atoms with Crippen molar-refractivity contribution < 1.29 is 9.90 Å². The molecule has 0 spiro atoms. The quantitative estimate of drug-likeness (QED) is 0.488. The molecule has 1 N–H and O–H groups in total. The van der Waals surface area contributed by atoms with Crippen LogP contribution in [0.4, 0.5) is 0 Å². The third-order valence-corrected chi connectivity index (χ3v) is 1.62. The first-order valence-corrected chi connectivity index (χ1v) is 4.54. The van der Waals surface area contributed by atoms with Crippen LogP contribution in [0, 0.1) is 0 Å². The maximum absolute atomic E-state index is 11.2. The number of amides is 1. The van der Waals surface area contributed by atoms with Crippen LogP contribution in [0.2, 0.25) is 0 Å². The Hall–Kier alpha value is -1.35. The average Bonchev–Trinajstić information content (AvgIpc) is 2.21. The molecular weight excluding hydrogens is 178 g/mol. The fourth-order valence-corrected chi connectivity index (χ4v) is 0.934. The summed E-state index contributed by atoms with van der Waals surface area (Å²) in [4.78, 5) is 12.8. The minimum Gasteiger partial charge on any atom is -0.396 e. The summed E-state index contributed by atoms with van der Waals surface area (Å²) in [6.07, 6.45) is 7.25. The number of hydrogen-bond acceptors (Lipinski definition) is 2. The fraction of sp³-hybridized carbons (Fsp3) is 0.364. The normalized spacial score (nSPS) is 10.1. The van der Waals surface area contributed by atoms with Crippen molar-refractivity contribution in [2.75, 3.05) is 19.7 Å². The van der Waals surface area contributed by atoms with E-state index in [2.05, 4.69) is 13.2 Å². The second-order valence-corrected chi connectivity index (χ2v) is 2.72. The predicted octanol–water partition coefficient (Wildman–Crippen LogP) is 1.13. The van der Waals surface area contributed by atoms with Crippen LogP contribution in [-0.4, -0.2) is 35.6 Å². The molecule has 0 unspecified atom stereocenters. The van der Waals surface area contributed by atoms with E-state index in [4.69, 9.17) is 5.11 Å². The second-order valence-electron chi connectivity index (χ2n) is 2.72. The largest absolute Gasteiger partial charge is 0.396 e. The van der Waals surface area contributed by atoms with Crippen molar-refractivity contribution in [2.45, 2.75) is 6.42 Å². The molecule has 0 aromatic carbocycles. The van der Waals surface area contributed by atoms with Gasteiger partial charge in [-0.25, -0.2) is 0 Å². The summed E-state index contributed by atoms with van der Waals surface area (Å²) in [6, 6.07) is 0. The van der Waals surface area contributed by atoms with E-state index in [1.807, 2.05) is 12.2 Å². The zero-order valence-electron chi connectivity index (χ0n) is 8.35. The first-order chi connectivity index (χ1) is 6.76. The molecule has 0 aliphatic heterocycles. The molecule has 0 atom stereocenters. The van der Waals surface area contributed by atoms with Gasteiger partial charge in [-0.15, -0.1) is 6.58 Å². The van der Waals surface area contributed by atoms with Gasteiger partial charge in [0.25, 0.3) is 0 Å². The van der Waals surface area contributed by atoms with E-state index in [0.717, 1.165) is 0 Å². The number of nitrogens with zero attached hydrogens (tertiary/aromatic N) is 1. The highest BCUT2D eigenvalue weighted by Gasteiger charge is 2.04. The van der Waals surface area contributed by atoms with E-state index in [-0.39, 0.29) is 12.5 Å². The van der Waals surface area contributed by atoms with Gasteiger partial charge >= 0.3 is 0 Å². The summed E-state index contributed by atoms with van der Waals surface area (Å²) in [5.74, 6) is -0.112. The van der Waals surface area contributed by atoms with Gasteiger partial charge in [0.15, 0.2) is 0 Å². The second kappa shape index (κ2) is 8.26. The Morgan fingerprint density at radius 3 is 2.50 bits per heavy atom. The lowest BCUT2D eigenvalue weighted by atomic mass is 10.3. The van der Waals surface area contributed by atoms with Gasteiger partial charge in [0.05, 0.1) is 0 Å². The van der Waals surface area contributed by atoms with Crippen molar-refractivity contribution in [3.63, 3.8) is 0 Å². The number of aliphatic hydroxyl groups is 1. The number of aliphatic hydroxyl groups excluding tert-OH is 1. The molecule has 0 radical (unpaired) electrons. The first-order valence-electron chi connectivity index (χ1n) is 4.54. The summed E-state index contributed by atoms with van der Waals surface area (Å²) in [7, 11) is 0. The fourth-order valence-electron chi connectivity index (χ4n) is 0.934. The van der Waals surface area contributed by atoms with Crippen molar-refractivity contribution in [2.24, 2.45) is 0 Å². The van der Waals surface area contributed by atoms with E-state index in [1.54, 1.807) is 11.0 Å². The lowest BCUT2D eigenvalue weighted by Gasteiger charge is -2.16. The summed E-state index contributed by atoms with van der Waals surface area (Å²) in [5, 5.41) is 8.53. The molecule has 3 nitrogen and oxygen atoms in total. The van der Waals surface area contributed by atoms with Gasteiger partial charge in [-0.2, -0.15) is 0 Å². The molecule has 14 heavy (non-hydrogen) atoms. The molecule has 0 saturated heterocycles. The standard InChI is InChI=1S/C11H17NO2/c1-3-8-12(11(14)4-2)9-6-5-7-10-13/h3-6,13H,1-2,7-10H2/b6-5+. The third kappa shape index (κ3) is 5.32. The van der Waals surface area contributed by atoms with Gasteiger partial charge in [0.1, 0.15) is 0 Å². The van der Waals surface area contributed by atoms with Gasteiger partial charge in [0, 0.05) is 19.7 Å². The van der Waals surface area contributed by atoms with Crippen molar-refractivity contribution >= 4 is 5.91 Å². The molecule has 0 aromatic heterocycles. The van der Waals surface area contributed by atoms with Crippen LogP contribution in [0.15, 0.2) is 37.5 Å². The summed E-state index contributed by atoms with van der Waals surface area (Å²) >= 11 is 0. The highest BCUT2D eigenvalue weighted by Crippen LogP contribution is 1.93. The molecule has 0 heterocycles. The van der Waals surface area contributed by atoms with Crippen LogP contribution in [-0.2, 0) is 4.79 Å². The monoisotopic (exact) mass is 195 g/mol. The van der Waals surface area contributed by atoms with E-state index < -0.39 is 0 Å². The van der Waals surface area contributed by atoms with Gasteiger partial charge < -0.3 is 10.0 Å². The van der Waals surface area contributed by atoms with E-state index in [1.165, 1.54) is 6.08 Å². The van der Waals surface area contributed by atoms with Crippen LogP contribution in [0.25, 0.3) is 0 Å². The number of carbonyl (C=O) groups excluding carboxylic acids is 1. The maximum atomic E-state index is 11.2. The Morgan fingerprint density at radius 2 is 2.00 bits per heavy atom. The van der Waals surface area contributed by atoms with Gasteiger partial charge in [-0.05, 0) is 12.5 Å². The molecule has 0 saturated carbocycles. The number of hydrogen-bond donors (Lipinski definition) is 1. The highest BCUT2D eigenvalue weighted by atomic mass is 16.2. The van der Waals surface area contributed by atoms with Crippen LogP contribution < -0.4 is 0 Å². The number of rotatable bonds is 7. The van der Waals surface area contributed by atoms with Crippen LogP contribution >= 0.6 is 0 Å². The third-order valence-electron chi connectivity index (χ3n) is 1.62. The average molecular weight is 195 g/mol. The molecular formula is C11H17NO2. The zero-order chi connectivity index (χ0) is 10.8. The Labute approximate surface area is 85.0 Å². The van der Waals surface area contributed by atoms with Gasteiger partial charge in [-0.1, -0.05) is 24.8 Å². The van der Waals surface area contributed by atoms with Crippen LogP contribution in [0.1, 0.15) is 6.42 Å². The molecule has 0 aliphatic rings. The molecule has 0 bridgehead atoms. The van der Waals surface area contributed by atoms with Crippen molar-refractivity contribution in [1.29, 1.82) is 0 Å². The topological polar surface area (TPSA) is 40.5 Å². The van der Waals surface area contributed by atoms with Crippen molar-refractivity contribution in [1.82, 2.24) is 4.90 Å². The lowest BCUT2D eigenvalue weighted by Crippen LogP contribution is -2.29. The lowest BCUT2D eigenvalue weighted by molar-refractivity contribution is -0.125. The number of carbonyl (C=O) groups is 1. The molecule has 3 heteroatoms. The molecule has 0 fully saturated rings. The van der Waals surface area contributed by atoms with Crippen molar-refractivity contribution in [3.8, 4) is 0 Å². The Balaban J connectivity index is 4.02. The first kappa shape index (κ1) is 12.7. The maximum Gasteiger partial charge on any atom is 0.246 e. The SMILES string of the molecule is C=CCN(C/C=C/CCO)C(=O)C=C. The van der Waals surface area contributed by atoms with E-state index >= 15 is 0 Å². The minimum absolute atomic E-state index is 0.112. The van der Waals surface area contributed by atoms with Crippen LogP contribution in [0.5, 0.6) is 0 Å². The van der Waals surface area contributed by atoms with E-state index in [0.29, 0.717) is 19.5 Å². The minimum atomic E-state index is -0.112. The molecule has 0 aliphatic carbocycles. The van der Waals surface area contributed by atoms with Gasteiger partial charge in [0.2, 0.25) is 5.91 Å². The smallest absolute Gasteiger partial charge is 0.246 e. The molecule has 0 rings (SSSR count). The Bertz CT molecular complexity index is 221. The Morgan fingerprint density at radius 1 is 1.29 bits per heavy atom. The molecule has 1 amide bonds. The Kier molecular flexibility index (Phi) is 7.46. The predicted molar refractivity (Wildman–Crippen MR) is 57.8 cm³/mol. The van der Waals surface area contributed by atoms with Gasteiger partial charge in [-0.3, -0.25) is 4.79 Å². The van der Waals surface area contributed by atoms with E-state index in [9.17, 15) is 4.79 Å². The summed E-state index contributed by atoms with van der Waals surface area (Å²) in [5.41, 5.74) is 0. The van der Waals surface area contributed by atoms with Crippen molar-refractivity contribution in [3.05, 3.63) is 37.5 Å². The highest BCUT2D eigenvalue weighted by molar-refractivity contribution is 5.87. The zero-order valence-corrected chi connectivity index (χ0v) is 8.35. The summed E-state index contributed by atoms with van der Waals surface area (Å²) in [6.45, 7) is 8.15. The van der Waals surface area contributed by atoms with Crippen LogP contribution in [0.3, 0.4) is 0 Å².